The highest BCUT2D eigenvalue weighted by atomic mass is 16.5. The Morgan fingerprint density at radius 3 is 2.23 bits per heavy atom. The second-order valence-electron chi connectivity index (χ2n) is 8.08. The zero-order valence-corrected chi connectivity index (χ0v) is 19.2. The molecule has 0 aromatic heterocycles. The first kappa shape index (κ1) is 26.8. The van der Waals surface area contributed by atoms with Crippen LogP contribution in [0.15, 0.2) is 48.6 Å². The standard InChI is InChI=1S/C27H40O4/c1-2-3-4-5-6-7-8-9-10-11-12-13-14-15-16-17-22-31-27(30)21-19-24-18-20-25(28)26(29)23-24/h3-4,6-7,9-10,19,21,24H,2,5,8,11-18,20,22-23H2,1H3. The van der Waals surface area contributed by atoms with Crippen LogP contribution in [0, 0.1) is 5.92 Å². The summed E-state index contributed by atoms with van der Waals surface area (Å²) >= 11 is 0. The number of hydrogen-bond acceptors (Lipinski definition) is 4. The molecule has 1 atom stereocenters. The SMILES string of the molecule is CCC=CCC=CCC=CCCCCCCCCOC(=O)C=CC1CCC(=O)C(=O)C1. The van der Waals surface area contributed by atoms with Gasteiger partial charge in [0.25, 0.3) is 0 Å². The molecule has 4 heteroatoms. The topological polar surface area (TPSA) is 60.4 Å². The molecular formula is C27H40O4. The van der Waals surface area contributed by atoms with Crippen LogP contribution in [-0.4, -0.2) is 24.1 Å². The summed E-state index contributed by atoms with van der Waals surface area (Å²) in [5, 5.41) is 0. The van der Waals surface area contributed by atoms with Gasteiger partial charge in [0.05, 0.1) is 6.61 Å². The molecule has 1 rings (SSSR count). The first-order valence-corrected chi connectivity index (χ1v) is 12.0. The van der Waals surface area contributed by atoms with E-state index in [-0.39, 0.29) is 36.3 Å². The molecule has 0 N–H and O–H groups in total. The van der Waals surface area contributed by atoms with E-state index in [0.717, 1.165) is 38.5 Å². The molecule has 0 aromatic carbocycles. The number of allylic oxidation sites excluding steroid dienone is 7. The van der Waals surface area contributed by atoms with E-state index >= 15 is 0 Å². The Kier molecular flexibility index (Phi) is 16.0. The van der Waals surface area contributed by atoms with Gasteiger partial charge in [-0.05, 0) is 50.9 Å². The fourth-order valence-electron chi connectivity index (χ4n) is 3.41. The van der Waals surface area contributed by atoms with E-state index in [0.29, 0.717) is 13.0 Å². The second-order valence-corrected chi connectivity index (χ2v) is 8.08. The van der Waals surface area contributed by atoms with Crippen LogP contribution in [0.25, 0.3) is 0 Å². The summed E-state index contributed by atoms with van der Waals surface area (Å²) in [6.07, 6.45) is 28.7. The monoisotopic (exact) mass is 428 g/mol. The van der Waals surface area contributed by atoms with Gasteiger partial charge in [0.2, 0.25) is 0 Å². The van der Waals surface area contributed by atoms with Gasteiger partial charge in [-0.1, -0.05) is 75.1 Å². The van der Waals surface area contributed by atoms with Gasteiger partial charge in [-0.2, -0.15) is 0 Å². The van der Waals surface area contributed by atoms with Crippen molar-refractivity contribution in [2.75, 3.05) is 6.61 Å². The normalized spacial score (nSPS) is 17.6. The maximum Gasteiger partial charge on any atom is 0.330 e. The lowest BCUT2D eigenvalue weighted by Gasteiger charge is -2.15. The smallest absolute Gasteiger partial charge is 0.330 e. The van der Waals surface area contributed by atoms with Gasteiger partial charge in [0.1, 0.15) is 0 Å². The molecule has 1 saturated carbocycles. The number of ether oxygens (including phenoxy) is 1. The van der Waals surface area contributed by atoms with Gasteiger partial charge in [0, 0.05) is 18.9 Å². The lowest BCUT2D eigenvalue weighted by Crippen LogP contribution is -2.23. The lowest BCUT2D eigenvalue weighted by atomic mass is 9.87. The third kappa shape index (κ3) is 15.3. The van der Waals surface area contributed by atoms with E-state index < -0.39 is 0 Å². The highest BCUT2D eigenvalue weighted by Crippen LogP contribution is 2.20. The van der Waals surface area contributed by atoms with E-state index in [1.165, 1.54) is 31.8 Å². The van der Waals surface area contributed by atoms with Crippen LogP contribution in [0.4, 0.5) is 0 Å². The molecule has 1 aliphatic rings. The van der Waals surface area contributed by atoms with Crippen molar-refractivity contribution in [3.63, 3.8) is 0 Å². The van der Waals surface area contributed by atoms with Crippen molar-refractivity contribution in [2.45, 2.75) is 90.4 Å². The molecule has 172 valence electrons. The molecule has 0 saturated heterocycles. The van der Waals surface area contributed by atoms with E-state index in [1.54, 1.807) is 6.08 Å². The number of rotatable bonds is 16. The Labute approximate surface area is 188 Å². The van der Waals surface area contributed by atoms with Crippen molar-refractivity contribution in [3.05, 3.63) is 48.6 Å². The molecule has 1 fully saturated rings. The lowest BCUT2D eigenvalue weighted by molar-refractivity contribution is -0.138. The fourth-order valence-corrected chi connectivity index (χ4v) is 3.41. The van der Waals surface area contributed by atoms with Gasteiger partial charge in [-0.25, -0.2) is 4.79 Å². The molecule has 31 heavy (non-hydrogen) atoms. The molecule has 0 amide bonds. The van der Waals surface area contributed by atoms with Crippen molar-refractivity contribution < 1.29 is 19.1 Å². The molecule has 4 nitrogen and oxygen atoms in total. The van der Waals surface area contributed by atoms with Crippen molar-refractivity contribution in [3.8, 4) is 0 Å². The van der Waals surface area contributed by atoms with E-state index in [1.807, 2.05) is 0 Å². The minimum absolute atomic E-state index is 0.0166. The first-order chi connectivity index (χ1) is 15.1. The molecule has 0 heterocycles. The van der Waals surface area contributed by atoms with Crippen LogP contribution in [0.5, 0.6) is 0 Å². The highest BCUT2D eigenvalue weighted by molar-refractivity contribution is 6.37. The predicted molar refractivity (Wildman–Crippen MR) is 127 cm³/mol. The number of esters is 1. The minimum Gasteiger partial charge on any atom is -0.463 e. The van der Waals surface area contributed by atoms with Crippen LogP contribution in [0.1, 0.15) is 90.4 Å². The molecular weight excluding hydrogens is 388 g/mol. The number of Topliss-reactive ketones (excluding diaryl/α,β-unsaturated/α-hetero) is 2. The van der Waals surface area contributed by atoms with Gasteiger partial charge in [-0.15, -0.1) is 0 Å². The first-order valence-electron chi connectivity index (χ1n) is 12.0. The maximum absolute atomic E-state index is 11.7. The van der Waals surface area contributed by atoms with Crippen molar-refractivity contribution in [2.24, 2.45) is 5.92 Å². The quantitative estimate of drug-likeness (QED) is 0.0912. The van der Waals surface area contributed by atoms with Crippen LogP contribution >= 0.6 is 0 Å². The fraction of sp³-hybridized carbons (Fsp3) is 0.593. The number of hydrogen-bond donors (Lipinski definition) is 0. The molecule has 0 aliphatic heterocycles. The third-order valence-electron chi connectivity index (χ3n) is 5.29. The Morgan fingerprint density at radius 1 is 0.871 bits per heavy atom. The molecule has 0 radical (unpaired) electrons. The molecule has 0 spiro atoms. The molecule has 1 aliphatic carbocycles. The zero-order chi connectivity index (χ0) is 22.6. The Bertz CT molecular complexity index is 640. The predicted octanol–water partition coefficient (Wildman–Crippen LogP) is 6.61. The number of carbonyl (C=O) groups excluding carboxylic acids is 3. The van der Waals surface area contributed by atoms with Crippen molar-refractivity contribution in [1.82, 2.24) is 0 Å². The number of ketones is 2. The van der Waals surface area contributed by atoms with Gasteiger partial charge in [-0.3, -0.25) is 9.59 Å². The van der Waals surface area contributed by atoms with Crippen LogP contribution in [-0.2, 0) is 19.1 Å². The van der Waals surface area contributed by atoms with Crippen LogP contribution in [0.3, 0.4) is 0 Å². The average molecular weight is 429 g/mol. The highest BCUT2D eigenvalue weighted by Gasteiger charge is 2.24. The van der Waals surface area contributed by atoms with Gasteiger partial charge >= 0.3 is 5.97 Å². The van der Waals surface area contributed by atoms with Crippen molar-refractivity contribution >= 4 is 17.5 Å². The van der Waals surface area contributed by atoms with E-state index in [2.05, 4.69) is 43.4 Å². The summed E-state index contributed by atoms with van der Waals surface area (Å²) in [4.78, 5) is 34.3. The molecule has 0 aromatic rings. The summed E-state index contributed by atoms with van der Waals surface area (Å²) < 4.78 is 5.20. The summed E-state index contributed by atoms with van der Waals surface area (Å²) in [6, 6.07) is 0. The second kappa shape index (κ2) is 18.5. The van der Waals surface area contributed by atoms with Gasteiger partial charge in [0.15, 0.2) is 11.6 Å². The average Bonchev–Trinajstić information content (AvgIpc) is 2.76. The zero-order valence-electron chi connectivity index (χ0n) is 19.2. The molecule has 1 unspecified atom stereocenters. The largest absolute Gasteiger partial charge is 0.463 e. The summed E-state index contributed by atoms with van der Waals surface area (Å²) in [5.41, 5.74) is 0. The molecule has 0 bridgehead atoms. The summed E-state index contributed by atoms with van der Waals surface area (Å²) in [7, 11) is 0. The van der Waals surface area contributed by atoms with E-state index in [4.69, 9.17) is 4.74 Å². The van der Waals surface area contributed by atoms with E-state index in [9.17, 15) is 14.4 Å². The van der Waals surface area contributed by atoms with Gasteiger partial charge < -0.3 is 4.74 Å². The summed E-state index contributed by atoms with van der Waals surface area (Å²) in [5.74, 6) is -0.989. The van der Waals surface area contributed by atoms with Crippen LogP contribution < -0.4 is 0 Å². The Hall–Kier alpha value is -2.23. The summed E-state index contributed by atoms with van der Waals surface area (Å²) in [6.45, 7) is 2.59. The number of carbonyl (C=O) groups is 3. The van der Waals surface area contributed by atoms with Crippen LogP contribution in [0.2, 0.25) is 0 Å². The Morgan fingerprint density at radius 2 is 1.52 bits per heavy atom. The minimum atomic E-state index is -0.358. The maximum atomic E-state index is 11.7. The van der Waals surface area contributed by atoms with Crippen molar-refractivity contribution in [1.29, 1.82) is 0 Å². The Balaban J connectivity index is 1.90. The third-order valence-corrected chi connectivity index (χ3v) is 5.29. The number of unbranched alkanes of at least 4 members (excludes halogenated alkanes) is 6.